The van der Waals surface area contributed by atoms with Crippen molar-refractivity contribution in [2.45, 2.75) is 6.30 Å². The van der Waals surface area contributed by atoms with Gasteiger partial charge in [0.15, 0.2) is 0 Å². The Bertz CT molecular complexity index is 656. The Kier molecular flexibility index (Phi) is 2.93. The Labute approximate surface area is 103 Å². The molecule has 0 saturated heterocycles. The number of carboxylic acids is 1. The Morgan fingerprint density at radius 1 is 1.53 bits per heavy atom. The molecule has 0 fully saturated rings. The number of benzene rings is 1. The molecule has 2 rings (SSSR count). The number of carbonyl (C=O) groups is 1. The summed E-state index contributed by atoms with van der Waals surface area (Å²) >= 11 is 3.17. The van der Waals surface area contributed by atoms with Gasteiger partial charge in [0, 0.05) is 4.47 Å². The van der Waals surface area contributed by atoms with E-state index in [1.54, 1.807) is 12.1 Å². The summed E-state index contributed by atoms with van der Waals surface area (Å²) < 4.78 is 14.3. The Hall–Kier alpha value is -1.76. The van der Waals surface area contributed by atoms with Crippen LogP contribution in [-0.2, 0) is 4.79 Å². The van der Waals surface area contributed by atoms with Crippen molar-refractivity contribution < 1.29 is 14.3 Å². The molecule has 1 N–H and O–H groups in total. The second-order valence-corrected chi connectivity index (χ2v) is 4.21. The summed E-state index contributed by atoms with van der Waals surface area (Å²) in [6.07, 6.45) is -1.55. The topological polar surface area (TPSA) is 72.2 Å². The molecule has 0 radical (unpaired) electrons. The molecular weight excluding hydrogens is 295 g/mol. The van der Waals surface area contributed by atoms with Crippen molar-refractivity contribution in [2.24, 2.45) is 0 Å². The highest BCUT2D eigenvalue weighted by Gasteiger charge is 2.20. The van der Waals surface area contributed by atoms with Crippen molar-refractivity contribution in [1.29, 1.82) is 0 Å². The van der Waals surface area contributed by atoms with Crippen molar-refractivity contribution in [3.05, 3.63) is 39.4 Å². The average Bonchev–Trinajstić information content (AvgIpc) is 2.29. The van der Waals surface area contributed by atoms with Crippen LogP contribution in [0, 0.1) is 0 Å². The van der Waals surface area contributed by atoms with Gasteiger partial charge in [-0.05, 0) is 18.2 Å². The number of alkyl halides is 1. The van der Waals surface area contributed by atoms with E-state index in [0.717, 1.165) is 6.33 Å². The molecule has 0 aliphatic rings. The minimum absolute atomic E-state index is 0.158. The lowest BCUT2D eigenvalue weighted by molar-refractivity contribution is -0.146. The summed E-state index contributed by atoms with van der Waals surface area (Å²) in [5.41, 5.74) is -0.349. The normalized spacial score (nSPS) is 12.6. The standard InChI is InChI=1S/C10H6BrFN2O3/c11-5-1-2-7-6(3-5)9(15)14(4-13-7)8(12)10(16)17/h1-4,8H,(H,16,17). The molecule has 88 valence electrons. The monoisotopic (exact) mass is 300 g/mol. The van der Waals surface area contributed by atoms with Gasteiger partial charge in [-0.3, -0.25) is 9.36 Å². The summed E-state index contributed by atoms with van der Waals surface area (Å²) in [4.78, 5) is 26.1. The first-order chi connectivity index (χ1) is 8.00. The third-order valence-corrected chi connectivity index (χ3v) is 2.69. The lowest BCUT2D eigenvalue weighted by Gasteiger charge is -2.07. The highest BCUT2D eigenvalue weighted by Crippen LogP contribution is 2.16. The van der Waals surface area contributed by atoms with Crippen LogP contribution in [0.1, 0.15) is 6.30 Å². The Balaban J connectivity index is 2.73. The molecule has 17 heavy (non-hydrogen) atoms. The van der Waals surface area contributed by atoms with Crippen LogP contribution in [0.5, 0.6) is 0 Å². The Morgan fingerprint density at radius 3 is 2.88 bits per heavy atom. The number of fused-ring (bicyclic) bond motifs is 1. The fourth-order valence-electron chi connectivity index (χ4n) is 1.39. The van der Waals surface area contributed by atoms with Crippen molar-refractivity contribution in [3.63, 3.8) is 0 Å². The van der Waals surface area contributed by atoms with E-state index in [2.05, 4.69) is 20.9 Å². The predicted molar refractivity (Wildman–Crippen MR) is 61.5 cm³/mol. The summed E-state index contributed by atoms with van der Waals surface area (Å²) in [5, 5.41) is 8.67. The summed E-state index contributed by atoms with van der Waals surface area (Å²) in [6.45, 7) is 0. The van der Waals surface area contributed by atoms with Crippen LogP contribution in [0.2, 0.25) is 0 Å². The van der Waals surface area contributed by atoms with E-state index in [4.69, 9.17) is 5.11 Å². The molecule has 7 heteroatoms. The lowest BCUT2D eigenvalue weighted by atomic mass is 10.2. The maximum absolute atomic E-state index is 13.3. The fourth-order valence-corrected chi connectivity index (χ4v) is 1.75. The van der Waals surface area contributed by atoms with E-state index in [1.165, 1.54) is 6.07 Å². The van der Waals surface area contributed by atoms with Gasteiger partial charge in [0.2, 0.25) is 0 Å². The molecule has 1 aromatic carbocycles. The molecule has 0 amide bonds. The van der Waals surface area contributed by atoms with Crippen molar-refractivity contribution in [2.75, 3.05) is 0 Å². The van der Waals surface area contributed by atoms with Gasteiger partial charge in [-0.15, -0.1) is 0 Å². The molecule has 0 saturated carbocycles. The molecule has 0 aliphatic carbocycles. The van der Waals surface area contributed by atoms with E-state index >= 15 is 0 Å². The van der Waals surface area contributed by atoms with Gasteiger partial charge in [-0.2, -0.15) is 0 Å². The SMILES string of the molecule is O=C(O)C(F)n1cnc2ccc(Br)cc2c1=O. The molecule has 1 heterocycles. The van der Waals surface area contributed by atoms with E-state index in [-0.39, 0.29) is 5.39 Å². The van der Waals surface area contributed by atoms with Crippen LogP contribution < -0.4 is 5.56 Å². The van der Waals surface area contributed by atoms with Gasteiger partial charge < -0.3 is 5.11 Å². The number of carboxylic acid groups (broad SMARTS) is 1. The summed E-state index contributed by atoms with van der Waals surface area (Å²) in [7, 11) is 0. The van der Waals surface area contributed by atoms with E-state index in [9.17, 15) is 14.0 Å². The van der Waals surface area contributed by atoms with E-state index in [1.807, 2.05) is 0 Å². The number of hydrogen-bond acceptors (Lipinski definition) is 3. The number of aliphatic carboxylic acids is 1. The summed E-state index contributed by atoms with van der Waals surface area (Å²) in [5.74, 6) is -1.73. The lowest BCUT2D eigenvalue weighted by Crippen LogP contribution is -2.27. The smallest absolute Gasteiger partial charge is 0.360 e. The van der Waals surface area contributed by atoms with Crippen LogP contribution >= 0.6 is 15.9 Å². The van der Waals surface area contributed by atoms with Gasteiger partial charge in [0.25, 0.3) is 11.9 Å². The first kappa shape index (κ1) is 11.7. The maximum atomic E-state index is 13.3. The first-order valence-electron chi connectivity index (χ1n) is 4.54. The van der Waals surface area contributed by atoms with Gasteiger partial charge in [0.1, 0.15) is 6.33 Å². The van der Waals surface area contributed by atoms with Crippen molar-refractivity contribution >= 4 is 32.8 Å². The molecule has 0 spiro atoms. The number of rotatable bonds is 2. The second kappa shape index (κ2) is 4.25. The minimum atomic E-state index is -2.43. The van der Waals surface area contributed by atoms with Crippen LogP contribution in [0.25, 0.3) is 10.9 Å². The van der Waals surface area contributed by atoms with E-state index in [0.29, 0.717) is 14.6 Å². The zero-order chi connectivity index (χ0) is 12.6. The molecule has 5 nitrogen and oxygen atoms in total. The second-order valence-electron chi connectivity index (χ2n) is 3.29. The fraction of sp³-hybridized carbons (Fsp3) is 0.100. The Morgan fingerprint density at radius 2 is 2.24 bits per heavy atom. The van der Waals surface area contributed by atoms with Crippen LogP contribution in [0.4, 0.5) is 4.39 Å². The molecule has 1 atom stereocenters. The van der Waals surface area contributed by atoms with Gasteiger partial charge >= 0.3 is 5.97 Å². The predicted octanol–water partition coefficient (Wildman–Crippen LogP) is 1.71. The zero-order valence-corrected chi connectivity index (χ0v) is 9.89. The van der Waals surface area contributed by atoms with Gasteiger partial charge in [0.05, 0.1) is 10.9 Å². The third-order valence-electron chi connectivity index (χ3n) is 2.19. The number of nitrogens with zero attached hydrogens (tertiary/aromatic N) is 2. The van der Waals surface area contributed by atoms with Gasteiger partial charge in [-0.1, -0.05) is 15.9 Å². The maximum Gasteiger partial charge on any atom is 0.360 e. The number of halogens is 2. The third kappa shape index (κ3) is 2.05. The van der Waals surface area contributed by atoms with Gasteiger partial charge in [-0.25, -0.2) is 14.2 Å². The first-order valence-corrected chi connectivity index (χ1v) is 5.33. The van der Waals surface area contributed by atoms with E-state index < -0.39 is 17.8 Å². The highest BCUT2D eigenvalue weighted by atomic mass is 79.9. The number of hydrogen-bond donors (Lipinski definition) is 1. The van der Waals surface area contributed by atoms with Crippen molar-refractivity contribution in [3.8, 4) is 0 Å². The quantitative estimate of drug-likeness (QED) is 0.916. The molecule has 1 aromatic heterocycles. The van der Waals surface area contributed by atoms with Crippen LogP contribution in [0.15, 0.2) is 33.8 Å². The molecule has 0 aliphatic heterocycles. The molecule has 0 bridgehead atoms. The number of aromatic nitrogens is 2. The van der Waals surface area contributed by atoms with Crippen molar-refractivity contribution in [1.82, 2.24) is 9.55 Å². The largest absolute Gasteiger partial charge is 0.478 e. The highest BCUT2D eigenvalue weighted by molar-refractivity contribution is 9.10. The zero-order valence-electron chi connectivity index (χ0n) is 8.30. The minimum Gasteiger partial charge on any atom is -0.478 e. The molecule has 2 aromatic rings. The average molecular weight is 301 g/mol. The van der Waals surface area contributed by atoms with Crippen LogP contribution in [0.3, 0.4) is 0 Å². The molecule has 1 unspecified atom stereocenters. The van der Waals surface area contributed by atoms with Crippen LogP contribution in [-0.4, -0.2) is 20.6 Å². The molecular formula is C10H6BrFN2O3. The summed E-state index contributed by atoms with van der Waals surface area (Å²) in [6, 6.07) is 4.73.